The Morgan fingerprint density at radius 1 is 1.73 bits per heavy atom. The normalized spacial score (nSPS) is 38.1. The number of alkyl halides is 1. The molecule has 0 radical (unpaired) electrons. The van der Waals surface area contributed by atoms with Crippen molar-refractivity contribution >= 4 is 21.8 Å². The molecule has 2 fully saturated rings. The van der Waals surface area contributed by atoms with E-state index in [1.165, 1.54) is 0 Å². The first kappa shape index (κ1) is 11.0. The van der Waals surface area contributed by atoms with Crippen LogP contribution in [0.15, 0.2) is 11.8 Å². The highest BCUT2D eigenvalue weighted by atomic mass is 79.9. The van der Waals surface area contributed by atoms with Crippen molar-refractivity contribution in [1.29, 1.82) is 0 Å². The lowest BCUT2D eigenvalue weighted by atomic mass is 10.0. The molecule has 2 heterocycles. The fourth-order valence-corrected chi connectivity index (χ4v) is 2.67. The third kappa shape index (κ3) is 1.59. The molecule has 0 aliphatic carbocycles. The summed E-state index contributed by atoms with van der Waals surface area (Å²) in [6.07, 6.45) is 4.09. The molecular weight excluding hydrogens is 258 g/mol. The van der Waals surface area contributed by atoms with Gasteiger partial charge in [0.15, 0.2) is 5.60 Å². The van der Waals surface area contributed by atoms with Crippen LogP contribution < -0.4 is 0 Å². The van der Waals surface area contributed by atoms with Crippen molar-refractivity contribution in [3.8, 4) is 0 Å². The molecule has 2 rings (SSSR count). The Hall–Kier alpha value is -0.510. The van der Waals surface area contributed by atoms with Gasteiger partial charge in [-0.2, -0.15) is 0 Å². The zero-order valence-electron chi connectivity index (χ0n) is 9.12. The summed E-state index contributed by atoms with van der Waals surface area (Å²) in [5.74, 6) is 1.07. The number of amides is 1. The molecule has 15 heavy (non-hydrogen) atoms. The van der Waals surface area contributed by atoms with Crippen LogP contribution in [-0.2, 0) is 9.53 Å². The third-order valence-electron chi connectivity index (χ3n) is 3.18. The smallest absolute Gasteiger partial charge is 0.267 e. The van der Waals surface area contributed by atoms with E-state index in [-0.39, 0.29) is 11.9 Å². The number of hydrogen-bond donors (Lipinski definition) is 0. The van der Waals surface area contributed by atoms with E-state index in [0.29, 0.717) is 5.33 Å². The summed E-state index contributed by atoms with van der Waals surface area (Å²) < 4.78 is 5.82. The molecular formula is C11H16BrNO2. The average molecular weight is 274 g/mol. The van der Waals surface area contributed by atoms with Crippen LogP contribution in [-0.4, -0.2) is 34.3 Å². The van der Waals surface area contributed by atoms with Crippen molar-refractivity contribution in [2.24, 2.45) is 0 Å². The number of allylic oxidation sites excluding steroid dienone is 1. The van der Waals surface area contributed by atoms with Gasteiger partial charge in [0, 0.05) is 6.54 Å². The topological polar surface area (TPSA) is 29.5 Å². The molecule has 84 valence electrons. The van der Waals surface area contributed by atoms with Crippen LogP contribution in [0.4, 0.5) is 0 Å². The lowest BCUT2D eigenvalue weighted by molar-refractivity contribution is -0.159. The van der Waals surface area contributed by atoms with E-state index in [1.807, 2.05) is 24.8 Å². The molecule has 2 aliphatic rings. The van der Waals surface area contributed by atoms with Crippen LogP contribution in [0.2, 0.25) is 0 Å². The number of morpholine rings is 1. The van der Waals surface area contributed by atoms with Gasteiger partial charge in [0.25, 0.3) is 5.91 Å². The van der Waals surface area contributed by atoms with Gasteiger partial charge in [0.2, 0.25) is 0 Å². The van der Waals surface area contributed by atoms with E-state index in [1.54, 1.807) is 0 Å². The maximum atomic E-state index is 12.2. The second kappa shape index (κ2) is 3.81. The minimum atomic E-state index is -0.720. The summed E-state index contributed by atoms with van der Waals surface area (Å²) in [6, 6.07) is 0.189. The molecule has 4 heteroatoms. The Morgan fingerprint density at radius 2 is 2.47 bits per heavy atom. The maximum absolute atomic E-state index is 12.2. The molecule has 0 unspecified atom stereocenters. The zero-order valence-corrected chi connectivity index (χ0v) is 10.7. The van der Waals surface area contributed by atoms with Crippen molar-refractivity contribution in [3.05, 3.63) is 11.8 Å². The molecule has 0 spiro atoms. The molecule has 0 bridgehead atoms. The third-order valence-corrected chi connectivity index (χ3v) is 4.25. The number of ether oxygens (including phenoxy) is 1. The van der Waals surface area contributed by atoms with Gasteiger partial charge in [-0.25, -0.2) is 0 Å². The summed E-state index contributed by atoms with van der Waals surface area (Å²) in [4.78, 5) is 14.1. The van der Waals surface area contributed by atoms with Gasteiger partial charge in [-0.1, -0.05) is 15.9 Å². The van der Waals surface area contributed by atoms with Gasteiger partial charge in [-0.3, -0.25) is 4.79 Å². The van der Waals surface area contributed by atoms with Crippen molar-refractivity contribution in [2.45, 2.75) is 38.3 Å². The van der Waals surface area contributed by atoms with Crippen molar-refractivity contribution in [1.82, 2.24) is 4.90 Å². The minimum absolute atomic E-state index is 0.118. The predicted octanol–water partition coefficient (Wildman–Crippen LogP) is 2.06. The SMILES string of the molecule is CC=C1O[C@@](C)(CBr)C(=O)N2CCC[C@H]12. The number of carbonyl (C=O) groups excluding carboxylic acids is 1. The molecule has 3 nitrogen and oxygen atoms in total. The maximum Gasteiger partial charge on any atom is 0.267 e. The highest BCUT2D eigenvalue weighted by molar-refractivity contribution is 9.09. The van der Waals surface area contributed by atoms with Gasteiger partial charge < -0.3 is 9.64 Å². The number of hydrogen-bond acceptors (Lipinski definition) is 2. The first-order valence-corrected chi connectivity index (χ1v) is 6.47. The molecule has 1 amide bonds. The molecule has 0 saturated carbocycles. The Bertz CT molecular complexity index is 316. The van der Waals surface area contributed by atoms with E-state index >= 15 is 0 Å². The highest BCUT2D eigenvalue weighted by Gasteiger charge is 2.48. The number of fused-ring (bicyclic) bond motifs is 1. The summed E-state index contributed by atoms with van der Waals surface area (Å²) in [5.41, 5.74) is -0.720. The first-order chi connectivity index (χ1) is 7.12. The predicted molar refractivity (Wildman–Crippen MR) is 61.8 cm³/mol. The first-order valence-electron chi connectivity index (χ1n) is 5.34. The number of nitrogens with zero attached hydrogens (tertiary/aromatic N) is 1. The molecule has 0 aromatic rings. The Kier molecular flexibility index (Phi) is 2.79. The monoisotopic (exact) mass is 273 g/mol. The molecule has 0 aromatic carbocycles. The van der Waals surface area contributed by atoms with Crippen molar-refractivity contribution in [3.63, 3.8) is 0 Å². The molecule has 0 aromatic heterocycles. The highest BCUT2D eigenvalue weighted by Crippen LogP contribution is 2.36. The van der Waals surface area contributed by atoms with E-state index in [2.05, 4.69) is 15.9 Å². The number of halogens is 1. The molecule has 2 aliphatic heterocycles. The summed E-state index contributed by atoms with van der Waals surface area (Å²) in [6.45, 7) is 4.69. The summed E-state index contributed by atoms with van der Waals surface area (Å²) in [5, 5.41) is 0.541. The van der Waals surface area contributed by atoms with Crippen LogP contribution in [0.25, 0.3) is 0 Å². The van der Waals surface area contributed by atoms with E-state index in [9.17, 15) is 4.79 Å². The average Bonchev–Trinajstić information content (AvgIpc) is 2.72. The molecule has 2 atom stereocenters. The number of rotatable bonds is 1. The van der Waals surface area contributed by atoms with E-state index in [4.69, 9.17) is 4.74 Å². The minimum Gasteiger partial charge on any atom is -0.479 e. The van der Waals surface area contributed by atoms with Crippen LogP contribution in [0.3, 0.4) is 0 Å². The van der Waals surface area contributed by atoms with Gasteiger partial charge >= 0.3 is 0 Å². The van der Waals surface area contributed by atoms with Crippen LogP contribution >= 0.6 is 15.9 Å². The van der Waals surface area contributed by atoms with E-state index < -0.39 is 5.60 Å². The van der Waals surface area contributed by atoms with Crippen LogP contribution in [0.1, 0.15) is 26.7 Å². The van der Waals surface area contributed by atoms with Gasteiger partial charge in [0.05, 0.1) is 11.4 Å². The number of carbonyl (C=O) groups is 1. The molecule has 2 saturated heterocycles. The summed E-state index contributed by atoms with van der Waals surface area (Å²) in [7, 11) is 0. The van der Waals surface area contributed by atoms with Crippen molar-refractivity contribution < 1.29 is 9.53 Å². The van der Waals surface area contributed by atoms with Crippen LogP contribution in [0.5, 0.6) is 0 Å². The van der Waals surface area contributed by atoms with Gasteiger partial charge in [-0.05, 0) is 32.8 Å². The Balaban J connectivity index is 2.33. The summed E-state index contributed by atoms with van der Waals surface area (Å²) >= 11 is 3.36. The standard InChI is InChI=1S/C11H16BrNO2/c1-3-9-8-5-4-6-13(8)10(14)11(2,7-12)15-9/h3,8H,4-7H2,1-2H3/t8-,11+/m1/s1. The lowest BCUT2D eigenvalue weighted by Crippen LogP contribution is -2.57. The van der Waals surface area contributed by atoms with Crippen molar-refractivity contribution in [2.75, 3.05) is 11.9 Å². The molecule has 0 N–H and O–H groups in total. The quantitative estimate of drug-likeness (QED) is 0.685. The van der Waals surface area contributed by atoms with Gasteiger partial charge in [-0.15, -0.1) is 0 Å². The second-order valence-corrected chi connectivity index (χ2v) is 4.87. The van der Waals surface area contributed by atoms with Crippen LogP contribution in [0, 0.1) is 0 Å². The fourth-order valence-electron chi connectivity index (χ4n) is 2.32. The Labute approximate surface area is 98.6 Å². The van der Waals surface area contributed by atoms with E-state index in [0.717, 1.165) is 25.1 Å². The largest absolute Gasteiger partial charge is 0.479 e. The second-order valence-electron chi connectivity index (χ2n) is 4.31. The Morgan fingerprint density at radius 3 is 3.07 bits per heavy atom. The van der Waals surface area contributed by atoms with Gasteiger partial charge in [0.1, 0.15) is 5.76 Å². The fraction of sp³-hybridized carbons (Fsp3) is 0.727. The zero-order chi connectivity index (χ0) is 11.1. The lowest BCUT2D eigenvalue weighted by Gasteiger charge is -2.42.